The number of benzene rings is 5. The lowest BCUT2D eigenvalue weighted by atomic mass is 10.0. The Hall–Kier alpha value is -6.26. The van der Waals surface area contributed by atoms with Crippen LogP contribution in [0.15, 0.2) is 157 Å². The van der Waals surface area contributed by atoms with E-state index in [1.807, 2.05) is 0 Å². The van der Waals surface area contributed by atoms with Gasteiger partial charge in [-0.25, -0.2) is 19.9 Å². The van der Waals surface area contributed by atoms with E-state index in [1.165, 1.54) is 0 Å². The molecule has 214 valence electrons. The van der Waals surface area contributed by atoms with Crippen molar-refractivity contribution in [1.82, 2.24) is 19.9 Å². The Balaban J connectivity index is 1.30. The van der Waals surface area contributed by atoms with Crippen molar-refractivity contribution in [2.75, 3.05) is 0 Å². The molecule has 0 spiro atoms. The Morgan fingerprint density at radius 2 is 0.587 bits per heavy atom. The van der Waals surface area contributed by atoms with E-state index >= 15 is 0 Å². The Labute approximate surface area is 282 Å². The van der Waals surface area contributed by atoms with E-state index in [2.05, 4.69) is 0 Å². The third-order valence-corrected chi connectivity index (χ3v) is 7.64. The summed E-state index contributed by atoms with van der Waals surface area (Å²) >= 11 is 0. The van der Waals surface area contributed by atoms with Crippen LogP contribution in [0.25, 0.3) is 88.6 Å². The van der Waals surface area contributed by atoms with Crippen molar-refractivity contribution in [3.63, 3.8) is 0 Å². The second-order valence-corrected chi connectivity index (χ2v) is 10.5. The van der Waals surface area contributed by atoms with Crippen LogP contribution >= 0.6 is 0 Å². The van der Waals surface area contributed by atoms with Gasteiger partial charge in [0.05, 0.1) is 61.3 Å². The van der Waals surface area contributed by atoms with Gasteiger partial charge in [-0.2, -0.15) is 0 Å². The fourth-order valence-corrected chi connectivity index (χ4v) is 5.36. The highest BCUT2D eigenvalue weighted by Crippen LogP contribution is 2.32. The lowest BCUT2D eigenvalue weighted by Gasteiger charge is -2.10. The number of hydrogen-bond donors (Lipinski definition) is 0. The molecular weight excluding hydrogens is 560 g/mol. The average Bonchev–Trinajstić information content (AvgIpc) is 3.23. The first-order valence-corrected chi connectivity index (χ1v) is 14.4. The first-order chi connectivity index (χ1) is 27.8. The predicted octanol–water partition coefficient (Wildman–Crippen LogP) is 10.5. The molecule has 0 aliphatic rings. The minimum atomic E-state index is -0.424. The molecule has 0 aliphatic carbocycles. The molecule has 0 unspecified atom stereocenters. The molecule has 5 aromatic carbocycles. The van der Waals surface area contributed by atoms with Crippen LogP contribution in [-0.4, -0.2) is 19.9 Å². The standard InChI is InChI=1S/C42H26N4/c1-3-8-27(9-4-1)35-22-18-29-14-16-31-20-24-37(45-41(31)39(29)43-35)33-12-7-13-34(26-33)38-25-21-32-17-15-30-19-23-36(28-10-5-2-6-11-28)44-40(30)42(32)46-38/h1-26H/i14D,15D,16D,17D,18D,19D,20D,21D,22D,23D,24D,25D. The van der Waals surface area contributed by atoms with Gasteiger partial charge in [0.25, 0.3) is 0 Å². The van der Waals surface area contributed by atoms with Crippen molar-refractivity contribution in [2.24, 2.45) is 0 Å². The normalized spacial score (nSPS) is 15.1. The van der Waals surface area contributed by atoms with Crippen LogP contribution in [-0.2, 0) is 0 Å². The fraction of sp³-hybridized carbons (Fsp3) is 0. The molecule has 0 aliphatic heterocycles. The Morgan fingerprint density at radius 3 is 0.935 bits per heavy atom. The third-order valence-electron chi connectivity index (χ3n) is 7.64. The van der Waals surface area contributed by atoms with Crippen molar-refractivity contribution in [1.29, 1.82) is 0 Å². The highest BCUT2D eigenvalue weighted by Gasteiger charge is 2.12. The van der Waals surface area contributed by atoms with Gasteiger partial charge in [0.15, 0.2) is 0 Å². The van der Waals surface area contributed by atoms with Crippen LogP contribution in [0.2, 0.25) is 0 Å². The molecule has 9 rings (SSSR count). The summed E-state index contributed by atoms with van der Waals surface area (Å²) in [7, 11) is 0. The number of rotatable bonds is 4. The largest absolute Gasteiger partial charge is 0.245 e. The molecule has 4 aromatic heterocycles. The maximum atomic E-state index is 9.02. The zero-order valence-electron chi connectivity index (χ0n) is 35.9. The van der Waals surface area contributed by atoms with Crippen LogP contribution < -0.4 is 0 Å². The van der Waals surface area contributed by atoms with Gasteiger partial charge >= 0.3 is 0 Å². The summed E-state index contributed by atoms with van der Waals surface area (Å²) in [6.07, 6.45) is 0. The third kappa shape index (κ3) is 4.56. The van der Waals surface area contributed by atoms with Crippen LogP contribution in [0, 0.1) is 0 Å². The first kappa shape index (κ1) is 16.7. The van der Waals surface area contributed by atoms with Crippen LogP contribution in [0.5, 0.6) is 0 Å². The molecule has 0 bridgehead atoms. The van der Waals surface area contributed by atoms with E-state index in [-0.39, 0.29) is 103 Å². The van der Waals surface area contributed by atoms with Crippen molar-refractivity contribution in [2.45, 2.75) is 0 Å². The van der Waals surface area contributed by atoms with Crippen molar-refractivity contribution in [3.8, 4) is 45.0 Å². The van der Waals surface area contributed by atoms with Gasteiger partial charge in [0.1, 0.15) is 0 Å². The zero-order valence-corrected chi connectivity index (χ0v) is 23.9. The lowest BCUT2D eigenvalue weighted by Crippen LogP contribution is -1.92. The summed E-state index contributed by atoms with van der Waals surface area (Å²) in [6, 6.07) is 19.7. The zero-order chi connectivity index (χ0) is 40.9. The highest BCUT2D eigenvalue weighted by molar-refractivity contribution is 6.05. The fourth-order valence-electron chi connectivity index (χ4n) is 5.36. The molecule has 0 fully saturated rings. The van der Waals surface area contributed by atoms with Crippen molar-refractivity contribution in [3.05, 3.63) is 157 Å². The molecule has 4 heteroatoms. The van der Waals surface area contributed by atoms with Gasteiger partial charge in [-0.3, -0.25) is 0 Å². The molecule has 0 atom stereocenters. The maximum absolute atomic E-state index is 9.02. The highest BCUT2D eigenvalue weighted by atomic mass is 14.8. The summed E-state index contributed by atoms with van der Waals surface area (Å²) in [4.78, 5) is 18.9. The summed E-state index contributed by atoms with van der Waals surface area (Å²) in [5, 5.41) is -0.368. The van der Waals surface area contributed by atoms with Crippen molar-refractivity contribution >= 4 is 43.6 Å². The van der Waals surface area contributed by atoms with Crippen LogP contribution in [0.1, 0.15) is 16.4 Å². The molecule has 0 saturated heterocycles. The topological polar surface area (TPSA) is 51.6 Å². The van der Waals surface area contributed by atoms with E-state index in [0.29, 0.717) is 22.3 Å². The molecule has 0 radical (unpaired) electrons. The van der Waals surface area contributed by atoms with E-state index in [9.17, 15) is 0 Å². The summed E-state index contributed by atoms with van der Waals surface area (Å²) in [5.74, 6) is 0. The van der Waals surface area contributed by atoms with E-state index in [4.69, 9.17) is 36.4 Å². The Bertz CT molecular complexity index is 3040. The lowest BCUT2D eigenvalue weighted by molar-refractivity contribution is 1.35. The number of nitrogens with zero attached hydrogens (tertiary/aromatic N) is 4. The summed E-state index contributed by atoms with van der Waals surface area (Å²) < 4.78 is 106. The molecule has 4 heterocycles. The van der Waals surface area contributed by atoms with Crippen molar-refractivity contribution < 1.29 is 16.4 Å². The van der Waals surface area contributed by atoms with E-state index in [0.717, 1.165) is 0 Å². The molecule has 0 amide bonds. The van der Waals surface area contributed by atoms with Gasteiger partial charge in [-0.05, 0) is 30.2 Å². The molecule has 9 aromatic rings. The molecule has 46 heavy (non-hydrogen) atoms. The number of aromatic nitrogens is 4. The second-order valence-electron chi connectivity index (χ2n) is 10.5. The van der Waals surface area contributed by atoms with Gasteiger partial charge in [0, 0.05) is 43.8 Å². The maximum Gasteiger partial charge on any atom is 0.0972 e. The average molecular weight is 599 g/mol. The smallest absolute Gasteiger partial charge is 0.0972 e. The Morgan fingerprint density at radius 1 is 0.304 bits per heavy atom. The van der Waals surface area contributed by atoms with Crippen LogP contribution in [0.3, 0.4) is 0 Å². The Kier molecular flexibility index (Phi) is 3.89. The molecule has 4 nitrogen and oxygen atoms in total. The second kappa shape index (κ2) is 10.7. The molecule has 0 N–H and O–H groups in total. The number of fused-ring (bicyclic) bond motifs is 6. The predicted molar refractivity (Wildman–Crippen MR) is 189 cm³/mol. The van der Waals surface area contributed by atoms with E-state index < -0.39 is 36.3 Å². The van der Waals surface area contributed by atoms with Gasteiger partial charge in [0.2, 0.25) is 0 Å². The first-order valence-electron chi connectivity index (χ1n) is 20.4. The molecule has 0 saturated carbocycles. The quantitative estimate of drug-likeness (QED) is 0.189. The minimum absolute atomic E-state index is 0.00226. The molecular formula is C42H26N4. The van der Waals surface area contributed by atoms with Crippen LogP contribution in [0.4, 0.5) is 0 Å². The summed E-state index contributed by atoms with van der Waals surface area (Å²) in [5.41, 5.74) is 2.07. The van der Waals surface area contributed by atoms with Gasteiger partial charge < -0.3 is 0 Å². The number of pyridine rings is 4. The monoisotopic (exact) mass is 598 g/mol. The van der Waals surface area contributed by atoms with E-state index in [1.54, 1.807) is 84.9 Å². The van der Waals surface area contributed by atoms with Gasteiger partial charge in [-0.1, -0.05) is 127 Å². The SMILES string of the molecule is [2H]c1c(-c2ccccc2)nc2c(c1[2H])c([2H])c([2H])c1c([2H])c([2H])c(-c3cccc(-c4nc5c(c([2H])c4[2H])c([2H])c([2H])c4c([2H])c([2H])c(-c6ccccc6)nc45)c3)nc12. The minimum Gasteiger partial charge on any atom is -0.245 e. The number of hydrogen-bond acceptors (Lipinski definition) is 4. The summed E-state index contributed by atoms with van der Waals surface area (Å²) in [6.45, 7) is 0. The van der Waals surface area contributed by atoms with Gasteiger partial charge in [-0.15, -0.1) is 0 Å².